The summed E-state index contributed by atoms with van der Waals surface area (Å²) in [4.78, 5) is 11.0. The third-order valence-corrected chi connectivity index (χ3v) is 2.01. The van der Waals surface area contributed by atoms with E-state index in [2.05, 4.69) is 0 Å². The molecule has 1 aromatic rings. The Kier molecular flexibility index (Phi) is 2.88. The van der Waals surface area contributed by atoms with E-state index in [1.54, 1.807) is 0 Å². The summed E-state index contributed by atoms with van der Waals surface area (Å²) in [7, 11) is 1.30. The Morgan fingerprint density at radius 2 is 2.15 bits per heavy atom. The molecule has 1 rings (SSSR count). The zero-order chi connectivity index (χ0) is 10.0. The lowest BCUT2D eigenvalue weighted by atomic mass is 10.1. The minimum absolute atomic E-state index is 0.0231. The van der Waals surface area contributed by atoms with Crippen molar-refractivity contribution in [1.29, 1.82) is 0 Å². The van der Waals surface area contributed by atoms with Gasteiger partial charge in [-0.25, -0.2) is 4.39 Å². The smallest absolute Gasteiger partial charge is 0.173 e. The van der Waals surface area contributed by atoms with Gasteiger partial charge < -0.3 is 4.74 Å². The SMILES string of the molecule is COc1c(F)ccc(C(C)=O)c1Cl. The summed E-state index contributed by atoms with van der Waals surface area (Å²) in [6, 6.07) is 2.49. The maximum atomic E-state index is 13.0. The van der Waals surface area contributed by atoms with Crippen LogP contribution in [0, 0.1) is 5.82 Å². The molecule has 0 unspecified atom stereocenters. The largest absolute Gasteiger partial charge is 0.492 e. The molecule has 0 atom stereocenters. The minimum Gasteiger partial charge on any atom is -0.492 e. The number of carbonyl (C=O) groups is 1. The summed E-state index contributed by atoms with van der Waals surface area (Å²) < 4.78 is 17.7. The second-order valence-corrected chi connectivity index (χ2v) is 2.88. The summed E-state index contributed by atoms with van der Waals surface area (Å²) in [5.41, 5.74) is 0.264. The van der Waals surface area contributed by atoms with Gasteiger partial charge in [-0.05, 0) is 19.1 Å². The van der Waals surface area contributed by atoms with E-state index in [4.69, 9.17) is 16.3 Å². The van der Waals surface area contributed by atoms with Crippen LogP contribution in [0.5, 0.6) is 5.75 Å². The van der Waals surface area contributed by atoms with E-state index >= 15 is 0 Å². The zero-order valence-corrected chi connectivity index (χ0v) is 7.98. The predicted octanol–water partition coefficient (Wildman–Crippen LogP) is 2.69. The van der Waals surface area contributed by atoms with Crippen molar-refractivity contribution in [2.75, 3.05) is 7.11 Å². The van der Waals surface area contributed by atoms with Crippen LogP contribution in [0.3, 0.4) is 0 Å². The third kappa shape index (κ3) is 1.80. The Labute approximate surface area is 80.3 Å². The summed E-state index contributed by atoms with van der Waals surface area (Å²) in [5, 5.41) is 0.0231. The Hall–Kier alpha value is -1.09. The molecule has 0 spiro atoms. The molecule has 2 nitrogen and oxygen atoms in total. The number of Topliss-reactive ketones (excluding diaryl/α,β-unsaturated/α-hetero) is 1. The van der Waals surface area contributed by atoms with Gasteiger partial charge in [0.05, 0.1) is 12.1 Å². The van der Waals surface area contributed by atoms with Crippen molar-refractivity contribution < 1.29 is 13.9 Å². The van der Waals surface area contributed by atoms with Crippen LogP contribution in [0.4, 0.5) is 4.39 Å². The van der Waals surface area contributed by atoms with Gasteiger partial charge in [-0.1, -0.05) is 11.6 Å². The second kappa shape index (κ2) is 3.75. The summed E-state index contributed by atoms with van der Waals surface area (Å²) in [5.74, 6) is -0.879. The first kappa shape index (κ1) is 9.99. The zero-order valence-electron chi connectivity index (χ0n) is 7.23. The van der Waals surface area contributed by atoms with Gasteiger partial charge in [0.15, 0.2) is 17.3 Å². The van der Waals surface area contributed by atoms with Crippen LogP contribution >= 0.6 is 11.6 Å². The lowest BCUT2D eigenvalue weighted by Crippen LogP contribution is -1.97. The number of ether oxygens (including phenoxy) is 1. The highest BCUT2D eigenvalue weighted by atomic mass is 35.5. The first-order chi connectivity index (χ1) is 6.07. The molecule has 13 heavy (non-hydrogen) atoms. The number of carbonyl (C=O) groups excluding carboxylic acids is 1. The van der Waals surface area contributed by atoms with Gasteiger partial charge in [0.25, 0.3) is 0 Å². The highest BCUT2D eigenvalue weighted by Gasteiger charge is 2.14. The molecule has 0 bridgehead atoms. The number of ketones is 1. The van der Waals surface area contributed by atoms with Crippen molar-refractivity contribution in [2.45, 2.75) is 6.92 Å². The molecule has 0 N–H and O–H groups in total. The van der Waals surface area contributed by atoms with E-state index in [1.807, 2.05) is 0 Å². The fraction of sp³-hybridized carbons (Fsp3) is 0.222. The topological polar surface area (TPSA) is 26.3 Å². The number of hydrogen-bond acceptors (Lipinski definition) is 2. The predicted molar refractivity (Wildman–Crippen MR) is 48.0 cm³/mol. The van der Waals surface area contributed by atoms with Gasteiger partial charge >= 0.3 is 0 Å². The quantitative estimate of drug-likeness (QED) is 0.690. The average molecular weight is 203 g/mol. The fourth-order valence-electron chi connectivity index (χ4n) is 0.992. The van der Waals surface area contributed by atoms with E-state index in [-0.39, 0.29) is 22.1 Å². The van der Waals surface area contributed by atoms with Crippen LogP contribution < -0.4 is 4.74 Å². The molecule has 1 aromatic carbocycles. The Bertz CT molecular complexity index is 350. The normalized spacial score (nSPS) is 9.85. The van der Waals surface area contributed by atoms with E-state index < -0.39 is 5.82 Å². The summed E-state index contributed by atoms with van der Waals surface area (Å²) >= 11 is 5.72. The Morgan fingerprint density at radius 3 is 2.62 bits per heavy atom. The monoisotopic (exact) mass is 202 g/mol. The fourth-order valence-corrected chi connectivity index (χ4v) is 1.35. The molecule has 0 saturated heterocycles. The standard InChI is InChI=1S/C9H8ClFO2/c1-5(12)6-3-4-7(11)9(13-2)8(6)10/h3-4H,1-2H3. The van der Waals surface area contributed by atoms with Gasteiger partial charge in [-0.2, -0.15) is 0 Å². The lowest BCUT2D eigenvalue weighted by Gasteiger charge is -2.06. The summed E-state index contributed by atoms with van der Waals surface area (Å²) in [6.07, 6.45) is 0. The molecule has 4 heteroatoms. The van der Waals surface area contributed by atoms with Crippen molar-refractivity contribution >= 4 is 17.4 Å². The van der Waals surface area contributed by atoms with Crippen LogP contribution in [-0.2, 0) is 0 Å². The van der Waals surface area contributed by atoms with Crippen LogP contribution in [0.25, 0.3) is 0 Å². The number of benzene rings is 1. The number of halogens is 2. The molecule has 0 aliphatic carbocycles. The lowest BCUT2D eigenvalue weighted by molar-refractivity contribution is 0.101. The van der Waals surface area contributed by atoms with Crippen molar-refractivity contribution in [2.24, 2.45) is 0 Å². The molecule has 0 radical (unpaired) electrons. The van der Waals surface area contributed by atoms with Crippen LogP contribution in [0.2, 0.25) is 5.02 Å². The Morgan fingerprint density at radius 1 is 1.54 bits per heavy atom. The third-order valence-electron chi connectivity index (χ3n) is 1.63. The maximum Gasteiger partial charge on any atom is 0.173 e. The molecular weight excluding hydrogens is 195 g/mol. The van der Waals surface area contributed by atoms with E-state index in [1.165, 1.54) is 20.1 Å². The van der Waals surface area contributed by atoms with Gasteiger partial charge in [0, 0.05) is 5.56 Å². The first-order valence-electron chi connectivity index (χ1n) is 3.61. The van der Waals surface area contributed by atoms with Crippen LogP contribution in [0.1, 0.15) is 17.3 Å². The van der Waals surface area contributed by atoms with Crippen molar-refractivity contribution in [3.63, 3.8) is 0 Å². The first-order valence-corrected chi connectivity index (χ1v) is 3.98. The van der Waals surface area contributed by atoms with Crippen LogP contribution in [0.15, 0.2) is 12.1 Å². The van der Waals surface area contributed by atoms with Gasteiger partial charge in [0.2, 0.25) is 0 Å². The molecule has 0 aromatic heterocycles. The van der Waals surface area contributed by atoms with Crippen molar-refractivity contribution in [3.05, 3.63) is 28.5 Å². The van der Waals surface area contributed by atoms with E-state index in [9.17, 15) is 9.18 Å². The average Bonchev–Trinajstić information content (AvgIpc) is 2.04. The van der Waals surface area contributed by atoms with Gasteiger partial charge in [-0.3, -0.25) is 4.79 Å². The summed E-state index contributed by atoms with van der Waals surface area (Å²) in [6.45, 7) is 1.36. The number of methoxy groups -OCH3 is 1. The molecule has 0 aliphatic heterocycles. The second-order valence-electron chi connectivity index (χ2n) is 2.50. The van der Waals surface area contributed by atoms with Crippen molar-refractivity contribution in [3.8, 4) is 5.75 Å². The Balaban J connectivity index is 3.35. The number of rotatable bonds is 2. The molecule has 0 aliphatic rings. The van der Waals surface area contributed by atoms with E-state index in [0.717, 1.165) is 6.07 Å². The van der Waals surface area contributed by atoms with Crippen molar-refractivity contribution in [1.82, 2.24) is 0 Å². The minimum atomic E-state index is -0.572. The highest BCUT2D eigenvalue weighted by molar-refractivity contribution is 6.35. The van der Waals surface area contributed by atoms with Gasteiger partial charge in [0.1, 0.15) is 0 Å². The molecule has 0 fully saturated rings. The molecular formula is C9H8ClFO2. The molecule has 70 valence electrons. The molecule has 0 amide bonds. The molecule has 0 saturated carbocycles. The molecule has 0 heterocycles. The van der Waals surface area contributed by atoms with E-state index in [0.29, 0.717) is 0 Å². The van der Waals surface area contributed by atoms with Gasteiger partial charge in [-0.15, -0.1) is 0 Å². The maximum absolute atomic E-state index is 13.0. The highest BCUT2D eigenvalue weighted by Crippen LogP contribution is 2.30. The number of hydrogen-bond donors (Lipinski definition) is 0. The van der Waals surface area contributed by atoms with Crippen LogP contribution in [-0.4, -0.2) is 12.9 Å².